The fourth-order valence-corrected chi connectivity index (χ4v) is 1.40. The molecule has 0 radical (unpaired) electrons. The molecule has 0 aromatic carbocycles. The molecule has 0 aliphatic carbocycles. The lowest BCUT2D eigenvalue weighted by Gasteiger charge is -2.06. The second-order valence-corrected chi connectivity index (χ2v) is 3.23. The van der Waals surface area contributed by atoms with Gasteiger partial charge in [0.25, 0.3) is 0 Å². The Morgan fingerprint density at radius 3 is 2.92 bits per heavy atom. The summed E-state index contributed by atoms with van der Waals surface area (Å²) in [5.41, 5.74) is 0. The first kappa shape index (κ1) is 9.75. The van der Waals surface area contributed by atoms with E-state index in [9.17, 15) is 0 Å². The van der Waals surface area contributed by atoms with Gasteiger partial charge < -0.3 is 9.47 Å². The maximum absolute atomic E-state index is 5.49. The van der Waals surface area contributed by atoms with Crippen molar-refractivity contribution in [2.45, 2.75) is 45.0 Å². The molecule has 2 atom stereocenters. The first-order valence-electron chi connectivity index (χ1n) is 4.71. The predicted octanol–water partition coefficient (Wildman–Crippen LogP) is 2.49. The van der Waals surface area contributed by atoms with E-state index in [1.54, 1.807) is 0 Å². The van der Waals surface area contributed by atoms with E-state index in [-0.39, 0.29) is 6.29 Å². The minimum atomic E-state index is 0.00871. The lowest BCUT2D eigenvalue weighted by molar-refractivity contribution is -0.0434. The molecule has 2 nitrogen and oxygen atoms in total. The maximum atomic E-state index is 5.49. The third kappa shape index (κ3) is 3.37. The van der Waals surface area contributed by atoms with Gasteiger partial charge in [-0.25, -0.2) is 0 Å². The van der Waals surface area contributed by atoms with Gasteiger partial charge in [0.1, 0.15) is 0 Å². The SMILES string of the molecule is C=CCCCCC1COC(C)O1. The average molecular weight is 170 g/mol. The van der Waals surface area contributed by atoms with E-state index < -0.39 is 0 Å². The van der Waals surface area contributed by atoms with Crippen LogP contribution in [0, 0.1) is 0 Å². The first-order valence-corrected chi connectivity index (χ1v) is 4.71. The van der Waals surface area contributed by atoms with Crippen LogP contribution in [0.2, 0.25) is 0 Å². The van der Waals surface area contributed by atoms with Gasteiger partial charge in [-0.3, -0.25) is 0 Å². The third-order valence-electron chi connectivity index (χ3n) is 2.09. The summed E-state index contributed by atoms with van der Waals surface area (Å²) in [6.45, 7) is 6.41. The quantitative estimate of drug-likeness (QED) is 0.466. The predicted molar refractivity (Wildman–Crippen MR) is 49.0 cm³/mol. The molecule has 0 saturated carbocycles. The Morgan fingerprint density at radius 1 is 1.50 bits per heavy atom. The van der Waals surface area contributed by atoms with Crippen LogP contribution in [-0.4, -0.2) is 19.0 Å². The molecule has 0 aromatic heterocycles. The highest BCUT2D eigenvalue weighted by atomic mass is 16.7. The Balaban J connectivity index is 1.96. The van der Waals surface area contributed by atoms with Crippen LogP contribution in [0.3, 0.4) is 0 Å². The summed E-state index contributed by atoms with van der Waals surface area (Å²) in [6.07, 6.45) is 6.99. The summed E-state index contributed by atoms with van der Waals surface area (Å²) in [4.78, 5) is 0. The van der Waals surface area contributed by atoms with Crippen molar-refractivity contribution in [3.63, 3.8) is 0 Å². The molecule has 12 heavy (non-hydrogen) atoms. The van der Waals surface area contributed by atoms with E-state index in [2.05, 4.69) is 6.58 Å². The van der Waals surface area contributed by atoms with Crippen LogP contribution >= 0.6 is 0 Å². The van der Waals surface area contributed by atoms with E-state index >= 15 is 0 Å². The Bertz CT molecular complexity index is 134. The van der Waals surface area contributed by atoms with Crippen molar-refractivity contribution in [1.29, 1.82) is 0 Å². The lowest BCUT2D eigenvalue weighted by atomic mass is 10.1. The molecule has 0 bridgehead atoms. The summed E-state index contributed by atoms with van der Waals surface area (Å²) in [5, 5.41) is 0. The number of hydrogen-bond acceptors (Lipinski definition) is 2. The molecule has 0 spiro atoms. The molecule has 1 saturated heterocycles. The molecule has 2 heteroatoms. The minimum absolute atomic E-state index is 0.00871. The van der Waals surface area contributed by atoms with E-state index in [1.807, 2.05) is 13.0 Å². The van der Waals surface area contributed by atoms with E-state index in [1.165, 1.54) is 12.8 Å². The van der Waals surface area contributed by atoms with Crippen molar-refractivity contribution in [2.75, 3.05) is 6.61 Å². The topological polar surface area (TPSA) is 18.5 Å². The third-order valence-corrected chi connectivity index (χ3v) is 2.09. The zero-order valence-corrected chi connectivity index (χ0v) is 7.79. The summed E-state index contributed by atoms with van der Waals surface area (Å²) >= 11 is 0. The Labute approximate surface area is 74.6 Å². The van der Waals surface area contributed by atoms with Crippen molar-refractivity contribution in [2.24, 2.45) is 0 Å². The maximum Gasteiger partial charge on any atom is 0.155 e. The molecular formula is C10H18O2. The molecule has 0 N–H and O–H groups in total. The van der Waals surface area contributed by atoms with Gasteiger partial charge in [0.15, 0.2) is 6.29 Å². The van der Waals surface area contributed by atoms with Gasteiger partial charge in [-0.05, 0) is 26.2 Å². The number of rotatable bonds is 5. The molecule has 2 unspecified atom stereocenters. The summed E-state index contributed by atoms with van der Waals surface area (Å²) in [6, 6.07) is 0. The Kier molecular flexibility index (Phi) is 4.33. The van der Waals surface area contributed by atoms with Crippen LogP contribution in [0.1, 0.15) is 32.6 Å². The van der Waals surface area contributed by atoms with Crippen molar-refractivity contribution < 1.29 is 9.47 Å². The van der Waals surface area contributed by atoms with Gasteiger partial charge in [-0.15, -0.1) is 6.58 Å². The zero-order chi connectivity index (χ0) is 8.81. The van der Waals surface area contributed by atoms with Gasteiger partial charge in [0.05, 0.1) is 12.7 Å². The number of ether oxygens (including phenoxy) is 2. The smallest absolute Gasteiger partial charge is 0.155 e. The second kappa shape index (κ2) is 5.33. The Hall–Kier alpha value is -0.340. The largest absolute Gasteiger partial charge is 0.350 e. The van der Waals surface area contributed by atoms with E-state index in [4.69, 9.17) is 9.47 Å². The number of hydrogen-bond donors (Lipinski definition) is 0. The number of unbranched alkanes of at least 4 members (excludes halogenated alkanes) is 2. The molecule has 70 valence electrons. The van der Waals surface area contributed by atoms with Crippen LogP contribution < -0.4 is 0 Å². The van der Waals surface area contributed by atoms with Crippen molar-refractivity contribution in [3.05, 3.63) is 12.7 Å². The summed E-state index contributed by atoms with van der Waals surface area (Å²) in [5.74, 6) is 0. The molecule has 1 heterocycles. The Morgan fingerprint density at radius 2 is 2.33 bits per heavy atom. The normalized spacial score (nSPS) is 29.1. The zero-order valence-electron chi connectivity index (χ0n) is 7.79. The van der Waals surface area contributed by atoms with Gasteiger partial charge >= 0.3 is 0 Å². The summed E-state index contributed by atoms with van der Waals surface area (Å²) in [7, 11) is 0. The van der Waals surface area contributed by atoms with Gasteiger partial charge in [-0.2, -0.15) is 0 Å². The van der Waals surface area contributed by atoms with Crippen LogP contribution in [-0.2, 0) is 9.47 Å². The molecule has 0 amide bonds. The van der Waals surface area contributed by atoms with Crippen molar-refractivity contribution in [3.8, 4) is 0 Å². The van der Waals surface area contributed by atoms with E-state index in [0.717, 1.165) is 19.4 Å². The highest BCUT2D eigenvalue weighted by Gasteiger charge is 2.21. The van der Waals surface area contributed by atoms with Crippen molar-refractivity contribution >= 4 is 0 Å². The first-order chi connectivity index (χ1) is 5.83. The molecule has 1 aliphatic heterocycles. The van der Waals surface area contributed by atoms with Crippen LogP contribution in [0.15, 0.2) is 12.7 Å². The van der Waals surface area contributed by atoms with Gasteiger partial charge in [0, 0.05) is 0 Å². The fraction of sp³-hybridized carbons (Fsp3) is 0.800. The fourth-order valence-electron chi connectivity index (χ4n) is 1.40. The molecular weight excluding hydrogens is 152 g/mol. The number of allylic oxidation sites excluding steroid dienone is 1. The van der Waals surface area contributed by atoms with Gasteiger partial charge in [0.2, 0.25) is 0 Å². The van der Waals surface area contributed by atoms with Crippen LogP contribution in [0.25, 0.3) is 0 Å². The van der Waals surface area contributed by atoms with E-state index in [0.29, 0.717) is 6.10 Å². The van der Waals surface area contributed by atoms with Gasteiger partial charge in [-0.1, -0.05) is 12.5 Å². The average Bonchev–Trinajstić information content (AvgIpc) is 2.45. The highest BCUT2D eigenvalue weighted by molar-refractivity contribution is 4.68. The highest BCUT2D eigenvalue weighted by Crippen LogP contribution is 2.16. The standard InChI is InChI=1S/C10H18O2/c1-3-4-5-6-7-10-8-11-9(2)12-10/h3,9-10H,1,4-8H2,2H3. The molecule has 1 fully saturated rings. The lowest BCUT2D eigenvalue weighted by Crippen LogP contribution is -2.09. The second-order valence-electron chi connectivity index (χ2n) is 3.23. The molecule has 0 aromatic rings. The van der Waals surface area contributed by atoms with Crippen LogP contribution in [0.4, 0.5) is 0 Å². The summed E-state index contributed by atoms with van der Waals surface area (Å²) < 4.78 is 10.8. The molecule has 1 aliphatic rings. The monoisotopic (exact) mass is 170 g/mol. The van der Waals surface area contributed by atoms with Crippen LogP contribution in [0.5, 0.6) is 0 Å². The minimum Gasteiger partial charge on any atom is -0.350 e. The van der Waals surface area contributed by atoms with Crippen molar-refractivity contribution in [1.82, 2.24) is 0 Å². The molecule has 1 rings (SSSR count).